The summed E-state index contributed by atoms with van der Waals surface area (Å²) >= 11 is 0. The van der Waals surface area contributed by atoms with Crippen LogP contribution in [0.15, 0.2) is 29.3 Å². The van der Waals surface area contributed by atoms with E-state index in [2.05, 4.69) is 68.9 Å². The van der Waals surface area contributed by atoms with Crippen LogP contribution in [0.25, 0.3) is 10.9 Å². The molecule has 3 aromatic rings. The van der Waals surface area contributed by atoms with Gasteiger partial charge in [0.05, 0.1) is 0 Å². The normalized spacial score (nSPS) is 11.9. The molecule has 0 unspecified atom stereocenters. The molecule has 138 valence electrons. The van der Waals surface area contributed by atoms with Gasteiger partial charge in [-0.1, -0.05) is 18.2 Å². The highest BCUT2D eigenvalue weighted by Gasteiger charge is 2.08. The molecule has 0 spiro atoms. The van der Waals surface area contributed by atoms with Gasteiger partial charge in [0.15, 0.2) is 11.8 Å². The summed E-state index contributed by atoms with van der Waals surface area (Å²) in [6.45, 7) is 8.26. The molecule has 0 aliphatic rings. The molecule has 0 saturated heterocycles. The first-order valence-electron chi connectivity index (χ1n) is 9.03. The van der Waals surface area contributed by atoms with E-state index in [-0.39, 0.29) is 0 Å². The van der Waals surface area contributed by atoms with Gasteiger partial charge in [0, 0.05) is 36.7 Å². The van der Waals surface area contributed by atoms with E-state index in [1.165, 1.54) is 22.2 Å². The Labute approximate surface area is 153 Å². The SMILES string of the molecule is CCNC(=NCc1nnc(C)n1C)NCCc1c(C)[nH]c2ccccc12. The monoisotopic (exact) mass is 353 g/mol. The zero-order valence-corrected chi connectivity index (χ0v) is 15.9. The third-order valence-electron chi connectivity index (χ3n) is 4.60. The van der Waals surface area contributed by atoms with E-state index in [1.807, 2.05) is 18.5 Å². The quantitative estimate of drug-likeness (QED) is 0.469. The summed E-state index contributed by atoms with van der Waals surface area (Å²) < 4.78 is 1.96. The van der Waals surface area contributed by atoms with Gasteiger partial charge in [-0.3, -0.25) is 0 Å². The molecule has 2 heterocycles. The Bertz CT molecular complexity index is 904. The molecule has 0 saturated carbocycles. The first-order chi connectivity index (χ1) is 12.6. The Balaban J connectivity index is 1.64. The third-order valence-corrected chi connectivity index (χ3v) is 4.60. The predicted octanol–water partition coefficient (Wildman–Crippen LogP) is 2.21. The molecule has 0 aliphatic carbocycles. The molecule has 3 N–H and O–H groups in total. The molecular weight excluding hydrogens is 326 g/mol. The molecule has 7 heteroatoms. The minimum Gasteiger partial charge on any atom is -0.358 e. The van der Waals surface area contributed by atoms with Crippen LogP contribution in [0.4, 0.5) is 0 Å². The lowest BCUT2D eigenvalue weighted by Gasteiger charge is -2.11. The Morgan fingerprint density at radius 3 is 2.73 bits per heavy atom. The van der Waals surface area contributed by atoms with Crippen molar-refractivity contribution in [3.63, 3.8) is 0 Å². The van der Waals surface area contributed by atoms with Crippen LogP contribution in [0.3, 0.4) is 0 Å². The summed E-state index contributed by atoms with van der Waals surface area (Å²) in [5, 5.41) is 16.2. The lowest BCUT2D eigenvalue weighted by molar-refractivity contribution is 0.753. The lowest BCUT2D eigenvalue weighted by atomic mass is 10.1. The largest absolute Gasteiger partial charge is 0.358 e. The minimum atomic E-state index is 0.499. The van der Waals surface area contributed by atoms with Crippen LogP contribution in [0.1, 0.15) is 29.8 Å². The Morgan fingerprint density at radius 2 is 2.00 bits per heavy atom. The van der Waals surface area contributed by atoms with Crippen LogP contribution in [0.2, 0.25) is 0 Å². The standard InChI is InChI=1S/C19H27N7/c1-5-20-19(22-12-18-25-24-14(3)26(18)4)21-11-10-15-13(2)23-17-9-7-6-8-16(15)17/h6-9,23H,5,10-12H2,1-4H3,(H2,20,21,22). The summed E-state index contributed by atoms with van der Waals surface area (Å²) in [5.41, 5.74) is 3.77. The van der Waals surface area contributed by atoms with E-state index < -0.39 is 0 Å². The average molecular weight is 353 g/mol. The summed E-state index contributed by atoms with van der Waals surface area (Å²) in [7, 11) is 1.96. The molecule has 0 atom stereocenters. The average Bonchev–Trinajstić information content (AvgIpc) is 3.12. The van der Waals surface area contributed by atoms with Gasteiger partial charge in [-0.2, -0.15) is 0 Å². The smallest absolute Gasteiger partial charge is 0.191 e. The van der Waals surface area contributed by atoms with Crippen LogP contribution in [0.5, 0.6) is 0 Å². The lowest BCUT2D eigenvalue weighted by Crippen LogP contribution is -2.38. The number of rotatable bonds is 6. The molecule has 0 fully saturated rings. The molecule has 0 radical (unpaired) electrons. The number of para-hydroxylation sites is 1. The maximum Gasteiger partial charge on any atom is 0.191 e. The fraction of sp³-hybridized carbons (Fsp3) is 0.421. The first kappa shape index (κ1) is 18.0. The Kier molecular flexibility index (Phi) is 5.55. The predicted molar refractivity (Wildman–Crippen MR) is 105 cm³/mol. The van der Waals surface area contributed by atoms with Crippen molar-refractivity contribution in [2.45, 2.75) is 33.7 Å². The van der Waals surface area contributed by atoms with Gasteiger partial charge in [0.25, 0.3) is 0 Å². The van der Waals surface area contributed by atoms with Crippen LogP contribution in [0, 0.1) is 13.8 Å². The van der Waals surface area contributed by atoms with Crippen molar-refractivity contribution in [3.8, 4) is 0 Å². The highest BCUT2D eigenvalue weighted by molar-refractivity contribution is 5.84. The number of H-pyrrole nitrogens is 1. The number of hydrogen-bond donors (Lipinski definition) is 3. The van der Waals surface area contributed by atoms with Gasteiger partial charge in [0.1, 0.15) is 12.4 Å². The van der Waals surface area contributed by atoms with E-state index in [4.69, 9.17) is 0 Å². The zero-order valence-electron chi connectivity index (χ0n) is 15.9. The summed E-state index contributed by atoms with van der Waals surface area (Å²) in [5.74, 6) is 2.54. The van der Waals surface area contributed by atoms with Crippen molar-refractivity contribution < 1.29 is 0 Å². The van der Waals surface area contributed by atoms with Crippen molar-refractivity contribution in [1.29, 1.82) is 0 Å². The van der Waals surface area contributed by atoms with Crippen LogP contribution >= 0.6 is 0 Å². The first-order valence-corrected chi connectivity index (χ1v) is 9.03. The maximum atomic E-state index is 4.62. The van der Waals surface area contributed by atoms with Crippen molar-refractivity contribution in [3.05, 3.63) is 47.2 Å². The molecule has 0 aliphatic heterocycles. The highest BCUT2D eigenvalue weighted by atomic mass is 15.3. The second kappa shape index (κ2) is 8.03. The number of aromatic amines is 1. The fourth-order valence-electron chi connectivity index (χ4n) is 3.04. The van der Waals surface area contributed by atoms with Gasteiger partial charge in [-0.05, 0) is 38.8 Å². The zero-order chi connectivity index (χ0) is 18.5. The van der Waals surface area contributed by atoms with E-state index in [1.54, 1.807) is 0 Å². The summed E-state index contributed by atoms with van der Waals surface area (Å²) in [6.07, 6.45) is 0.934. The topological polar surface area (TPSA) is 82.9 Å². The van der Waals surface area contributed by atoms with Crippen molar-refractivity contribution in [1.82, 2.24) is 30.4 Å². The molecule has 1 aromatic carbocycles. The molecular formula is C19H27N7. The number of nitrogens with one attached hydrogen (secondary N) is 3. The number of aromatic nitrogens is 4. The van der Waals surface area contributed by atoms with Gasteiger partial charge in [-0.25, -0.2) is 4.99 Å². The van der Waals surface area contributed by atoms with Crippen molar-refractivity contribution in [2.24, 2.45) is 12.0 Å². The molecule has 0 bridgehead atoms. The van der Waals surface area contributed by atoms with Gasteiger partial charge in [0.2, 0.25) is 0 Å². The number of fused-ring (bicyclic) bond motifs is 1. The van der Waals surface area contributed by atoms with Crippen molar-refractivity contribution in [2.75, 3.05) is 13.1 Å². The number of benzene rings is 1. The molecule has 2 aromatic heterocycles. The number of aliphatic imine (C=N–C) groups is 1. The van der Waals surface area contributed by atoms with Gasteiger partial charge < -0.3 is 20.2 Å². The van der Waals surface area contributed by atoms with Crippen LogP contribution < -0.4 is 10.6 Å². The second-order valence-electron chi connectivity index (χ2n) is 6.37. The summed E-state index contributed by atoms with van der Waals surface area (Å²) in [6, 6.07) is 8.43. The van der Waals surface area contributed by atoms with E-state index in [0.29, 0.717) is 6.54 Å². The summed E-state index contributed by atoms with van der Waals surface area (Å²) in [4.78, 5) is 8.08. The Hall–Kier alpha value is -2.83. The van der Waals surface area contributed by atoms with Crippen molar-refractivity contribution >= 4 is 16.9 Å². The number of nitrogens with zero attached hydrogens (tertiary/aromatic N) is 4. The fourth-order valence-corrected chi connectivity index (χ4v) is 3.04. The van der Waals surface area contributed by atoms with Crippen LogP contribution in [-0.2, 0) is 20.0 Å². The molecule has 26 heavy (non-hydrogen) atoms. The molecule has 3 rings (SSSR count). The van der Waals surface area contributed by atoms with Crippen LogP contribution in [-0.4, -0.2) is 38.8 Å². The van der Waals surface area contributed by atoms with E-state index in [9.17, 15) is 0 Å². The van der Waals surface area contributed by atoms with Gasteiger partial charge >= 0.3 is 0 Å². The van der Waals surface area contributed by atoms with Gasteiger partial charge in [-0.15, -0.1) is 10.2 Å². The highest BCUT2D eigenvalue weighted by Crippen LogP contribution is 2.21. The number of hydrogen-bond acceptors (Lipinski definition) is 3. The second-order valence-corrected chi connectivity index (χ2v) is 6.37. The maximum absolute atomic E-state index is 4.62. The minimum absolute atomic E-state index is 0.499. The third kappa shape index (κ3) is 3.87. The number of guanidine groups is 1. The van der Waals surface area contributed by atoms with E-state index in [0.717, 1.165) is 37.1 Å². The number of aryl methyl sites for hydroxylation is 2. The van der Waals surface area contributed by atoms with E-state index >= 15 is 0 Å². The molecule has 0 amide bonds. The molecule has 7 nitrogen and oxygen atoms in total. The Morgan fingerprint density at radius 1 is 1.19 bits per heavy atom.